The molecular weight excluding hydrogens is 188 g/mol. The van der Waals surface area contributed by atoms with Crippen LogP contribution in [-0.2, 0) is 0 Å². The van der Waals surface area contributed by atoms with Gasteiger partial charge < -0.3 is 10.2 Å². The number of aliphatic hydroxyl groups is 2. The predicted octanol–water partition coefficient (Wildman–Crippen LogP) is 2.44. The number of aliphatic hydroxyl groups excluding tert-OH is 2. The normalized spacial score (nSPS) is 34.4. The van der Waals surface area contributed by atoms with E-state index in [0.29, 0.717) is 24.2 Å². The van der Waals surface area contributed by atoms with Crippen LogP contribution in [0.5, 0.6) is 0 Å². The first kappa shape index (κ1) is 13.0. The molecular formula is C13H26O2. The molecule has 0 amide bonds. The fraction of sp³-hybridized carbons (Fsp3) is 1.00. The Balaban J connectivity index is 2.61. The first-order valence-electron chi connectivity index (χ1n) is 6.35. The lowest BCUT2D eigenvalue weighted by Gasteiger charge is -2.39. The fourth-order valence-electron chi connectivity index (χ4n) is 3.06. The van der Waals surface area contributed by atoms with Crippen LogP contribution in [0, 0.1) is 23.7 Å². The molecule has 0 radical (unpaired) electrons. The average molecular weight is 214 g/mol. The zero-order valence-corrected chi connectivity index (χ0v) is 10.3. The highest BCUT2D eigenvalue weighted by atomic mass is 16.3. The molecule has 1 saturated carbocycles. The van der Waals surface area contributed by atoms with E-state index < -0.39 is 0 Å². The summed E-state index contributed by atoms with van der Waals surface area (Å²) in [5.41, 5.74) is 0. The van der Waals surface area contributed by atoms with Gasteiger partial charge in [0.2, 0.25) is 0 Å². The summed E-state index contributed by atoms with van der Waals surface area (Å²) in [7, 11) is 0. The topological polar surface area (TPSA) is 40.5 Å². The summed E-state index contributed by atoms with van der Waals surface area (Å²) in [5, 5.41) is 18.9. The second kappa shape index (κ2) is 5.86. The van der Waals surface area contributed by atoms with E-state index in [0.717, 1.165) is 12.3 Å². The Morgan fingerprint density at radius 3 is 2.40 bits per heavy atom. The third kappa shape index (κ3) is 3.46. The van der Waals surface area contributed by atoms with Gasteiger partial charge in [-0.25, -0.2) is 0 Å². The Bertz CT molecular complexity index is 179. The molecule has 0 spiro atoms. The Morgan fingerprint density at radius 2 is 1.87 bits per heavy atom. The first-order valence-corrected chi connectivity index (χ1v) is 6.35. The van der Waals surface area contributed by atoms with Crippen molar-refractivity contribution >= 4 is 0 Å². The molecule has 2 nitrogen and oxygen atoms in total. The SMILES string of the molecule is CC(C)[C@@H]1CC[C@@H](C)C[C@H]1C(O)CCO. The van der Waals surface area contributed by atoms with Crippen molar-refractivity contribution in [1.29, 1.82) is 0 Å². The van der Waals surface area contributed by atoms with Gasteiger partial charge in [0.15, 0.2) is 0 Å². The third-order valence-electron chi connectivity index (χ3n) is 3.99. The average Bonchev–Trinajstić information content (AvgIpc) is 2.17. The van der Waals surface area contributed by atoms with Gasteiger partial charge in [-0.05, 0) is 42.9 Å². The van der Waals surface area contributed by atoms with Crippen LogP contribution in [0.3, 0.4) is 0 Å². The molecule has 0 aliphatic heterocycles. The molecule has 1 rings (SSSR count). The summed E-state index contributed by atoms with van der Waals surface area (Å²) in [4.78, 5) is 0. The lowest BCUT2D eigenvalue weighted by molar-refractivity contribution is 0.00264. The van der Waals surface area contributed by atoms with E-state index in [4.69, 9.17) is 5.11 Å². The molecule has 0 aromatic heterocycles. The van der Waals surface area contributed by atoms with Gasteiger partial charge in [-0.1, -0.05) is 27.2 Å². The minimum atomic E-state index is -0.301. The minimum absolute atomic E-state index is 0.108. The molecule has 2 N–H and O–H groups in total. The van der Waals surface area contributed by atoms with E-state index in [1.54, 1.807) is 0 Å². The summed E-state index contributed by atoms with van der Waals surface area (Å²) in [6, 6.07) is 0. The molecule has 90 valence electrons. The lowest BCUT2D eigenvalue weighted by atomic mass is 9.67. The molecule has 0 saturated heterocycles. The molecule has 0 bridgehead atoms. The molecule has 2 heteroatoms. The maximum Gasteiger partial charge on any atom is 0.0593 e. The van der Waals surface area contributed by atoms with Gasteiger partial charge in [0.1, 0.15) is 0 Å². The molecule has 1 unspecified atom stereocenters. The standard InChI is InChI=1S/C13H26O2/c1-9(2)11-5-4-10(3)8-12(11)13(15)6-7-14/h9-15H,4-8H2,1-3H3/t10-,11+,12-,13?/m1/s1. The third-order valence-corrected chi connectivity index (χ3v) is 3.99. The van der Waals surface area contributed by atoms with E-state index in [1.165, 1.54) is 12.8 Å². The first-order chi connectivity index (χ1) is 7.06. The highest BCUT2D eigenvalue weighted by Crippen LogP contribution is 2.40. The van der Waals surface area contributed by atoms with Gasteiger partial charge in [0.25, 0.3) is 0 Å². The Kier molecular flexibility index (Phi) is 5.07. The molecule has 4 atom stereocenters. The molecule has 0 aromatic rings. The van der Waals surface area contributed by atoms with Crippen LogP contribution in [0.15, 0.2) is 0 Å². The number of rotatable bonds is 4. The van der Waals surface area contributed by atoms with Gasteiger partial charge >= 0.3 is 0 Å². The minimum Gasteiger partial charge on any atom is -0.396 e. The van der Waals surface area contributed by atoms with Crippen molar-refractivity contribution in [3.63, 3.8) is 0 Å². The summed E-state index contributed by atoms with van der Waals surface area (Å²) >= 11 is 0. The Hall–Kier alpha value is -0.0800. The molecule has 1 aliphatic rings. The molecule has 1 fully saturated rings. The maximum absolute atomic E-state index is 10.1. The van der Waals surface area contributed by atoms with Crippen molar-refractivity contribution < 1.29 is 10.2 Å². The second-order valence-electron chi connectivity index (χ2n) is 5.57. The van der Waals surface area contributed by atoms with E-state index in [1.807, 2.05) is 0 Å². The monoisotopic (exact) mass is 214 g/mol. The van der Waals surface area contributed by atoms with Crippen molar-refractivity contribution in [2.24, 2.45) is 23.7 Å². The largest absolute Gasteiger partial charge is 0.396 e. The van der Waals surface area contributed by atoms with Crippen molar-refractivity contribution in [3.05, 3.63) is 0 Å². The van der Waals surface area contributed by atoms with Crippen LogP contribution in [-0.4, -0.2) is 22.9 Å². The highest BCUT2D eigenvalue weighted by molar-refractivity contribution is 4.84. The Morgan fingerprint density at radius 1 is 1.20 bits per heavy atom. The Labute approximate surface area is 93.7 Å². The van der Waals surface area contributed by atoms with Crippen LogP contribution in [0.2, 0.25) is 0 Å². The van der Waals surface area contributed by atoms with Gasteiger partial charge in [0.05, 0.1) is 6.10 Å². The zero-order valence-electron chi connectivity index (χ0n) is 10.3. The smallest absolute Gasteiger partial charge is 0.0593 e. The van der Waals surface area contributed by atoms with Gasteiger partial charge in [0, 0.05) is 6.61 Å². The van der Waals surface area contributed by atoms with Crippen molar-refractivity contribution in [3.8, 4) is 0 Å². The van der Waals surface area contributed by atoms with E-state index in [-0.39, 0.29) is 12.7 Å². The number of hydrogen-bond acceptors (Lipinski definition) is 2. The van der Waals surface area contributed by atoms with Crippen LogP contribution in [0.4, 0.5) is 0 Å². The second-order valence-corrected chi connectivity index (χ2v) is 5.57. The molecule has 0 aromatic carbocycles. The highest BCUT2D eigenvalue weighted by Gasteiger charge is 2.34. The van der Waals surface area contributed by atoms with Crippen molar-refractivity contribution in [2.45, 2.75) is 52.6 Å². The van der Waals surface area contributed by atoms with Crippen molar-refractivity contribution in [2.75, 3.05) is 6.61 Å². The predicted molar refractivity (Wildman–Crippen MR) is 62.5 cm³/mol. The molecule has 0 heterocycles. The molecule has 15 heavy (non-hydrogen) atoms. The van der Waals surface area contributed by atoms with E-state index in [2.05, 4.69) is 20.8 Å². The quantitative estimate of drug-likeness (QED) is 0.754. The van der Waals surface area contributed by atoms with Crippen molar-refractivity contribution in [1.82, 2.24) is 0 Å². The maximum atomic E-state index is 10.1. The zero-order chi connectivity index (χ0) is 11.4. The fourth-order valence-corrected chi connectivity index (χ4v) is 3.06. The molecule has 1 aliphatic carbocycles. The summed E-state index contributed by atoms with van der Waals surface area (Å²) < 4.78 is 0. The van der Waals surface area contributed by atoms with Gasteiger partial charge in [-0.2, -0.15) is 0 Å². The number of hydrogen-bond donors (Lipinski definition) is 2. The van der Waals surface area contributed by atoms with Crippen LogP contribution < -0.4 is 0 Å². The van der Waals surface area contributed by atoms with Crippen LogP contribution in [0.25, 0.3) is 0 Å². The van der Waals surface area contributed by atoms with Gasteiger partial charge in [-0.15, -0.1) is 0 Å². The summed E-state index contributed by atoms with van der Waals surface area (Å²) in [6.45, 7) is 6.88. The van der Waals surface area contributed by atoms with Crippen LogP contribution in [0.1, 0.15) is 46.5 Å². The summed E-state index contributed by atoms with van der Waals surface area (Å²) in [6.07, 6.45) is 3.91. The van der Waals surface area contributed by atoms with E-state index >= 15 is 0 Å². The lowest BCUT2D eigenvalue weighted by Crippen LogP contribution is -2.36. The van der Waals surface area contributed by atoms with Crippen LogP contribution >= 0.6 is 0 Å². The van der Waals surface area contributed by atoms with E-state index in [9.17, 15) is 5.11 Å². The van der Waals surface area contributed by atoms with Gasteiger partial charge in [-0.3, -0.25) is 0 Å². The summed E-state index contributed by atoms with van der Waals surface area (Å²) in [5.74, 6) is 2.43.